The minimum Gasteiger partial charge on any atom is -0.494 e. The number of aliphatic carboxylic acids is 1. The summed E-state index contributed by atoms with van der Waals surface area (Å²) in [6, 6.07) is 8.13. The lowest BCUT2D eigenvalue weighted by Crippen LogP contribution is -2.10. The number of thiophene rings is 1. The second-order valence-electron chi connectivity index (χ2n) is 5.52. The quantitative estimate of drug-likeness (QED) is 0.632. The van der Waals surface area contributed by atoms with Crippen LogP contribution in [0.3, 0.4) is 0 Å². The molecule has 26 heavy (non-hydrogen) atoms. The highest BCUT2D eigenvalue weighted by Crippen LogP contribution is 2.33. The molecule has 9 heteroatoms. The van der Waals surface area contributed by atoms with Crippen LogP contribution in [0.15, 0.2) is 40.7 Å². The van der Waals surface area contributed by atoms with Gasteiger partial charge < -0.3 is 9.84 Å². The van der Waals surface area contributed by atoms with Crippen LogP contribution in [-0.2, 0) is 21.2 Å². The van der Waals surface area contributed by atoms with Crippen molar-refractivity contribution in [2.24, 2.45) is 0 Å². The van der Waals surface area contributed by atoms with Crippen molar-refractivity contribution in [1.29, 1.82) is 0 Å². The predicted molar refractivity (Wildman–Crippen MR) is 101 cm³/mol. The molecule has 0 saturated heterocycles. The van der Waals surface area contributed by atoms with Gasteiger partial charge in [0.05, 0.1) is 16.5 Å². The number of carboxylic acids is 1. The summed E-state index contributed by atoms with van der Waals surface area (Å²) in [5.41, 5.74) is 1.09. The molecule has 2 aromatic heterocycles. The van der Waals surface area contributed by atoms with Crippen LogP contribution >= 0.6 is 22.9 Å². The number of aryl methyl sites for hydroxylation is 1. The number of benzene rings is 1. The van der Waals surface area contributed by atoms with Crippen LogP contribution in [-0.4, -0.2) is 30.1 Å². The van der Waals surface area contributed by atoms with E-state index >= 15 is 0 Å². The van der Waals surface area contributed by atoms with Crippen molar-refractivity contribution in [3.05, 3.63) is 46.4 Å². The lowest BCUT2D eigenvalue weighted by atomic mass is 10.1. The molecule has 3 rings (SSSR count). The Morgan fingerprint density at radius 3 is 2.69 bits per heavy atom. The van der Waals surface area contributed by atoms with Crippen molar-refractivity contribution in [2.45, 2.75) is 24.0 Å². The first-order valence-corrected chi connectivity index (χ1v) is 10.5. The molecular formula is C17H16ClNO5S2. The molecule has 0 fully saturated rings. The zero-order valence-electron chi connectivity index (χ0n) is 13.8. The lowest BCUT2D eigenvalue weighted by molar-refractivity contribution is -0.136. The molecule has 1 aromatic carbocycles. The van der Waals surface area contributed by atoms with Crippen molar-refractivity contribution in [3.8, 4) is 5.75 Å². The van der Waals surface area contributed by atoms with E-state index in [0.29, 0.717) is 33.2 Å². The standard InChI is InChI=1S/C17H16ClNO5S2/c1-2-24-12-4-5-13-11(3-7-16(20)21)10-19(14(13)9-12)26(22,23)17-8-6-15(18)25-17/h4-6,8-10H,2-3,7H2,1H3,(H,20,21). The predicted octanol–water partition coefficient (Wildman–Crippen LogP) is 4.01. The summed E-state index contributed by atoms with van der Waals surface area (Å²) in [6.45, 7) is 2.29. The highest BCUT2D eigenvalue weighted by Gasteiger charge is 2.23. The van der Waals surface area contributed by atoms with E-state index in [1.54, 1.807) is 18.2 Å². The van der Waals surface area contributed by atoms with Crippen LogP contribution in [0.2, 0.25) is 4.34 Å². The number of halogens is 1. The molecule has 138 valence electrons. The highest BCUT2D eigenvalue weighted by atomic mass is 35.5. The number of hydrogen-bond acceptors (Lipinski definition) is 5. The van der Waals surface area contributed by atoms with E-state index in [9.17, 15) is 13.2 Å². The Hall–Kier alpha value is -2.03. The van der Waals surface area contributed by atoms with E-state index in [2.05, 4.69) is 0 Å². The summed E-state index contributed by atoms with van der Waals surface area (Å²) >= 11 is 6.86. The minimum absolute atomic E-state index is 0.0861. The van der Waals surface area contributed by atoms with Gasteiger partial charge in [-0.25, -0.2) is 3.97 Å². The molecule has 0 bridgehead atoms. The molecule has 0 saturated carbocycles. The number of carbonyl (C=O) groups is 1. The van der Waals surface area contributed by atoms with Gasteiger partial charge in [0, 0.05) is 24.1 Å². The van der Waals surface area contributed by atoms with Crippen LogP contribution in [0.1, 0.15) is 18.9 Å². The van der Waals surface area contributed by atoms with E-state index in [-0.39, 0.29) is 17.1 Å². The van der Waals surface area contributed by atoms with Crippen LogP contribution in [0.4, 0.5) is 0 Å². The molecular weight excluding hydrogens is 398 g/mol. The summed E-state index contributed by atoms with van der Waals surface area (Å²) in [5, 5.41) is 9.63. The minimum atomic E-state index is -3.85. The number of carboxylic acid groups (broad SMARTS) is 1. The molecule has 0 atom stereocenters. The van der Waals surface area contributed by atoms with Gasteiger partial charge in [-0.15, -0.1) is 11.3 Å². The van der Waals surface area contributed by atoms with Gasteiger partial charge in [0.1, 0.15) is 9.96 Å². The molecule has 0 spiro atoms. The Labute approximate surface area is 159 Å². The van der Waals surface area contributed by atoms with Crippen LogP contribution in [0.5, 0.6) is 5.75 Å². The van der Waals surface area contributed by atoms with E-state index < -0.39 is 16.0 Å². The fraction of sp³-hybridized carbons (Fsp3) is 0.235. The number of nitrogens with zero attached hydrogens (tertiary/aromatic N) is 1. The van der Waals surface area contributed by atoms with Crippen LogP contribution < -0.4 is 4.74 Å². The maximum atomic E-state index is 13.0. The summed E-state index contributed by atoms with van der Waals surface area (Å²) in [4.78, 5) is 10.9. The van der Waals surface area contributed by atoms with Gasteiger partial charge in [-0.3, -0.25) is 4.79 Å². The zero-order chi connectivity index (χ0) is 18.9. The molecule has 0 unspecified atom stereocenters. The SMILES string of the molecule is CCOc1ccc2c(CCC(=O)O)cn(S(=O)(=O)c3ccc(Cl)s3)c2c1. The molecule has 0 aliphatic rings. The maximum Gasteiger partial charge on any atom is 0.303 e. The largest absolute Gasteiger partial charge is 0.494 e. The molecule has 2 heterocycles. The van der Waals surface area contributed by atoms with Gasteiger partial charge in [-0.05, 0) is 43.2 Å². The lowest BCUT2D eigenvalue weighted by Gasteiger charge is -2.07. The van der Waals surface area contributed by atoms with Crippen molar-refractivity contribution in [1.82, 2.24) is 3.97 Å². The maximum absolute atomic E-state index is 13.0. The van der Waals surface area contributed by atoms with Crippen molar-refractivity contribution in [3.63, 3.8) is 0 Å². The first-order valence-electron chi connectivity index (χ1n) is 7.82. The Bertz CT molecular complexity index is 1070. The van der Waals surface area contributed by atoms with Crippen LogP contribution in [0, 0.1) is 0 Å². The molecule has 0 amide bonds. The van der Waals surface area contributed by atoms with E-state index in [0.717, 1.165) is 11.3 Å². The van der Waals surface area contributed by atoms with Crippen molar-refractivity contribution in [2.75, 3.05) is 6.61 Å². The molecule has 0 aliphatic carbocycles. The topological polar surface area (TPSA) is 85.6 Å². The van der Waals surface area contributed by atoms with E-state index in [1.165, 1.54) is 22.3 Å². The van der Waals surface area contributed by atoms with Gasteiger partial charge in [0.2, 0.25) is 0 Å². The van der Waals surface area contributed by atoms with Crippen molar-refractivity contribution < 1.29 is 23.1 Å². The number of fused-ring (bicyclic) bond motifs is 1. The zero-order valence-corrected chi connectivity index (χ0v) is 16.2. The number of aromatic nitrogens is 1. The number of hydrogen-bond donors (Lipinski definition) is 1. The molecule has 0 radical (unpaired) electrons. The van der Waals surface area contributed by atoms with Gasteiger partial charge in [0.25, 0.3) is 10.0 Å². The third kappa shape index (κ3) is 3.58. The smallest absolute Gasteiger partial charge is 0.303 e. The third-order valence-corrected chi connectivity index (χ3v) is 7.18. The fourth-order valence-corrected chi connectivity index (χ4v) is 5.63. The molecule has 6 nitrogen and oxygen atoms in total. The van der Waals surface area contributed by atoms with Gasteiger partial charge >= 0.3 is 5.97 Å². The average Bonchev–Trinajstić information content (AvgIpc) is 3.17. The number of ether oxygens (including phenoxy) is 1. The van der Waals surface area contributed by atoms with E-state index in [1.807, 2.05) is 6.92 Å². The fourth-order valence-electron chi connectivity index (χ4n) is 2.68. The summed E-state index contributed by atoms with van der Waals surface area (Å²) < 4.78 is 33.2. The first-order chi connectivity index (χ1) is 12.3. The summed E-state index contributed by atoms with van der Waals surface area (Å²) in [7, 11) is -3.85. The van der Waals surface area contributed by atoms with Gasteiger partial charge in [-0.1, -0.05) is 11.6 Å². The second-order valence-corrected chi connectivity index (χ2v) is 9.28. The summed E-state index contributed by atoms with van der Waals surface area (Å²) in [5.74, 6) is -0.395. The monoisotopic (exact) mass is 413 g/mol. The first kappa shape index (κ1) is 18.8. The van der Waals surface area contributed by atoms with Crippen molar-refractivity contribution >= 4 is 49.8 Å². The van der Waals surface area contributed by atoms with Gasteiger partial charge in [0.15, 0.2) is 0 Å². The highest BCUT2D eigenvalue weighted by molar-refractivity contribution is 7.92. The van der Waals surface area contributed by atoms with Crippen LogP contribution in [0.25, 0.3) is 10.9 Å². The molecule has 0 aliphatic heterocycles. The molecule has 3 aromatic rings. The van der Waals surface area contributed by atoms with Gasteiger partial charge in [-0.2, -0.15) is 8.42 Å². The van der Waals surface area contributed by atoms with E-state index in [4.69, 9.17) is 21.4 Å². The Balaban J connectivity index is 2.19. The Morgan fingerprint density at radius 2 is 2.08 bits per heavy atom. The summed E-state index contributed by atoms with van der Waals surface area (Å²) in [6.07, 6.45) is 1.62. The Kier molecular flexibility index (Phi) is 5.27. The normalized spacial score (nSPS) is 11.8. The second kappa shape index (κ2) is 7.30. The molecule has 1 N–H and O–H groups in total. The third-order valence-electron chi connectivity index (χ3n) is 3.81. The average molecular weight is 414 g/mol. The Morgan fingerprint density at radius 1 is 1.31 bits per heavy atom. The number of rotatable bonds is 7.